The zero-order valence-corrected chi connectivity index (χ0v) is 18.1. The van der Waals surface area contributed by atoms with Crippen molar-refractivity contribution in [2.24, 2.45) is 0 Å². The molecule has 1 amide bonds. The molecule has 1 heterocycles. The number of rotatable bonds is 7. The summed E-state index contributed by atoms with van der Waals surface area (Å²) in [6.07, 6.45) is 1.53. The van der Waals surface area contributed by atoms with Crippen LogP contribution < -0.4 is 9.62 Å². The van der Waals surface area contributed by atoms with Crippen LogP contribution in [-0.4, -0.2) is 20.9 Å². The number of benzene rings is 3. The summed E-state index contributed by atoms with van der Waals surface area (Å²) in [7, 11) is -3.57. The maximum absolute atomic E-state index is 13.0. The molecule has 1 aliphatic heterocycles. The van der Waals surface area contributed by atoms with Crippen LogP contribution in [0.1, 0.15) is 43.4 Å². The van der Waals surface area contributed by atoms with Gasteiger partial charge in [-0.3, -0.25) is 9.10 Å². The molecule has 1 N–H and O–H groups in total. The number of nitrogens with one attached hydrogen (secondary N) is 1. The molecule has 156 valence electrons. The van der Waals surface area contributed by atoms with Gasteiger partial charge in [-0.15, -0.1) is 0 Å². The Morgan fingerprint density at radius 3 is 2.43 bits per heavy atom. The number of nitrogens with zero attached hydrogens (tertiary/aromatic N) is 1. The second kappa shape index (κ2) is 8.11. The first-order valence-electron chi connectivity index (χ1n) is 10.3. The molecule has 3 aromatic carbocycles. The smallest absolute Gasteiger partial charge is 0.265 e. The summed E-state index contributed by atoms with van der Waals surface area (Å²) in [6.45, 7) is 4.36. The first-order chi connectivity index (χ1) is 14.4. The Balaban J connectivity index is 1.41. The van der Waals surface area contributed by atoms with Gasteiger partial charge in [0.15, 0.2) is 0 Å². The van der Waals surface area contributed by atoms with Crippen molar-refractivity contribution in [3.05, 3.63) is 71.8 Å². The number of sulfonamides is 1. The predicted molar refractivity (Wildman–Crippen MR) is 120 cm³/mol. The minimum Gasteiger partial charge on any atom is -0.349 e. The zero-order valence-electron chi connectivity index (χ0n) is 17.3. The van der Waals surface area contributed by atoms with Crippen LogP contribution in [0.25, 0.3) is 10.8 Å². The summed E-state index contributed by atoms with van der Waals surface area (Å²) < 4.78 is 27.4. The minimum atomic E-state index is -3.57. The molecule has 0 saturated carbocycles. The molecule has 0 spiro atoms. The van der Waals surface area contributed by atoms with Crippen LogP contribution in [0, 0.1) is 6.92 Å². The maximum atomic E-state index is 13.0. The van der Waals surface area contributed by atoms with Gasteiger partial charge in [0.25, 0.3) is 10.0 Å². The molecule has 5 nitrogen and oxygen atoms in total. The monoisotopic (exact) mass is 422 g/mol. The van der Waals surface area contributed by atoms with Crippen LogP contribution in [0.15, 0.2) is 65.6 Å². The maximum Gasteiger partial charge on any atom is 0.265 e. The summed E-state index contributed by atoms with van der Waals surface area (Å²) in [6, 6.07) is 19.1. The Bertz CT molecular complexity index is 1180. The van der Waals surface area contributed by atoms with Crippen molar-refractivity contribution < 1.29 is 13.2 Å². The van der Waals surface area contributed by atoms with E-state index >= 15 is 0 Å². The molecule has 30 heavy (non-hydrogen) atoms. The largest absolute Gasteiger partial charge is 0.349 e. The Labute approximate surface area is 177 Å². The molecule has 1 aliphatic rings. The molecule has 1 unspecified atom stereocenters. The number of hydrogen-bond donors (Lipinski definition) is 1. The average Bonchev–Trinajstić information content (AvgIpc) is 2.96. The number of carbonyl (C=O) groups excluding carboxylic acids is 1. The van der Waals surface area contributed by atoms with Gasteiger partial charge in [-0.05, 0) is 42.8 Å². The fraction of sp³-hybridized carbons (Fsp3) is 0.292. The fourth-order valence-corrected chi connectivity index (χ4v) is 5.82. The van der Waals surface area contributed by atoms with E-state index in [-0.39, 0.29) is 24.9 Å². The SMILES string of the molecule is CCC(NC(=O)CCCN1c2cccc3cccc(c23)S1(=O)=O)c1ccc(C)cc1. The summed E-state index contributed by atoms with van der Waals surface area (Å²) in [5.41, 5.74) is 2.97. The Morgan fingerprint density at radius 1 is 1.03 bits per heavy atom. The topological polar surface area (TPSA) is 66.5 Å². The number of aryl methyl sites for hydroxylation is 1. The van der Waals surface area contributed by atoms with Crippen LogP contribution in [-0.2, 0) is 14.8 Å². The normalized spacial score (nSPS) is 15.3. The van der Waals surface area contributed by atoms with E-state index < -0.39 is 10.0 Å². The van der Waals surface area contributed by atoms with Gasteiger partial charge < -0.3 is 5.32 Å². The molecule has 0 saturated heterocycles. The van der Waals surface area contributed by atoms with Crippen molar-refractivity contribution in [1.29, 1.82) is 0 Å². The number of carbonyl (C=O) groups is 1. The third kappa shape index (κ3) is 3.67. The number of anilines is 1. The highest BCUT2D eigenvalue weighted by molar-refractivity contribution is 7.93. The molecule has 0 fully saturated rings. The van der Waals surface area contributed by atoms with Crippen LogP contribution >= 0.6 is 0 Å². The highest BCUT2D eigenvalue weighted by Crippen LogP contribution is 2.41. The Hall–Kier alpha value is -2.86. The lowest BCUT2D eigenvalue weighted by atomic mass is 10.0. The quantitative estimate of drug-likeness (QED) is 0.600. The van der Waals surface area contributed by atoms with Gasteiger partial charge in [-0.2, -0.15) is 0 Å². The standard InChI is InChI=1S/C24H26N2O3S/c1-3-20(18-14-12-17(2)13-15-18)25-23(27)11-6-16-26-21-9-4-7-19-8-5-10-22(24(19)21)30(26,28)29/h4-5,7-10,12-15,20H,3,6,11,16H2,1-2H3,(H,25,27). The third-order valence-corrected chi connectivity index (χ3v) is 7.53. The molecule has 6 heteroatoms. The lowest BCUT2D eigenvalue weighted by molar-refractivity contribution is -0.121. The predicted octanol–water partition coefficient (Wildman–Crippen LogP) is 4.70. The molecular weight excluding hydrogens is 396 g/mol. The molecule has 0 aromatic heterocycles. The van der Waals surface area contributed by atoms with Gasteiger partial charge in [0, 0.05) is 18.4 Å². The van der Waals surface area contributed by atoms with E-state index in [0.29, 0.717) is 17.0 Å². The lowest BCUT2D eigenvalue weighted by Gasteiger charge is -2.20. The molecular formula is C24H26N2O3S. The van der Waals surface area contributed by atoms with Gasteiger partial charge >= 0.3 is 0 Å². The molecule has 3 aromatic rings. The third-order valence-electron chi connectivity index (χ3n) is 5.67. The molecule has 0 aliphatic carbocycles. The van der Waals surface area contributed by atoms with Crippen LogP contribution in [0.4, 0.5) is 5.69 Å². The van der Waals surface area contributed by atoms with Crippen molar-refractivity contribution in [2.75, 3.05) is 10.8 Å². The molecule has 1 atom stereocenters. The van der Waals surface area contributed by atoms with Crippen molar-refractivity contribution in [2.45, 2.75) is 44.0 Å². The van der Waals surface area contributed by atoms with Crippen molar-refractivity contribution >= 4 is 32.4 Å². The minimum absolute atomic E-state index is 0.0355. The average molecular weight is 423 g/mol. The van der Waals surface area contributed by atoms with Gasteiger partial charge in [0.1, 0.15) is 0 Å². The van der Waals surface area contributed by atoms with Crippen molar-refractivity contribution in [3.8, 4) is 0 Å². The summed E-state index contributed by atoms with van der Waals surface area (Å²) in [5.74, 6) is -0.0604. The molecule has 4 rings (SSSR count). The summed E-state index contributed by atoms with van der Waals surface area (Å²) in [4.78, 5) is 12.9. The summed E-state index contributed by atoms with van der Waals surface area (Å²) >= 11 is 0. The molecule has 0 radical (unpaired) electrons. The van der Waals surface area contributed by atoms with Crippen LogP contribution in [0.2, 0.25) is 0 Å². The fourth-order valence-electron chi connectivity index (χ4n) is 4.07. The highest BCUT2D eigenvalue weighted by Gasteiger charge is 2.35. The van der Waals surface area contributed by atoms with E-state index in [9.17, 15) is 13.2 Å². The van der Waals surface area contributed by atoms with Crippen molar-refractivity contribution in [3.63, 3.8) is 0 Å². The van der Waals surface area contributed by atoms with Crippen LogP contribution in [0.5, 0.6) is 0 Å². The second-order valence-electron chi connectivity index (χ2n) is 7.75. The van der Waals surface area contributed by atoms with E-state index in [4.69, 9.17) is 0 Å². The van der Waals surface area contributed by atoms with E-state index in [1.165, 1.54) is 9.87 Å². The van der Waals surface area contributed by atoms with E-state index in [0.717, 1.165) is 22.8 Å². The zero-order chi connectivity index (χ0) is 21.3. The van der Waals surface area contributed by atoms with E-state index in [1.807, 2.05) is 62.4 Å². The first kappa shape index (κ1) is 20.4. The van der Waals surface area contributed by atoms with Crippen molar-refractivity contribution in [1.82, 2.24) is 5.32 Å². The number of amides is 1. The van der Waals surface area contributed by atoms with Gasteiger partial charge in [-0.1, -0.05) is 61.0 Å². The highest BCUT2D eigenvalue weighted by atomic mass is 32.2. The summed E-state index contributed by atoms with van der Waals surface area (Å²) in [5, 5.41) is 4.77. The first-order valence-corrected chi connectivity index (χ1v) is 11.8. The van der Waals surface area contributed by atoms with Gasteiger partial charge in [-0.25, -0.2) is 8.42 Å². The number of hydrogen-bond acceptors (Lipinski definition) is 3. The van der Waals surface area contributed by atoms with Crippen LogP contribution in [0.3, 0.4) is 0 Å². The van der Waals surface area contributed by atoms with Gasteiger partial charge in [0.2, 0.25) is 5.91 Å². The van der Waals surface area contributed by atoms with E-state index in [2.05, 4.69) is 5.32 Å². The Morgan fingerprint density at radius 2 is 1.73 bits per heavy atom. The molecule has 0 bridgehead atoms. The Kier molecular flexibility index (Phi) is 5.52. The van der Waals surface area contributed by atoms with Gasteiger partial charge in [0.05, 0.1) is 16.6 Å². The second-order valence-corrected chi connectivity index (χ2v) is 9.58. The lowest BCUT2D eigenvalue weighted by Crippen LogP contribution is -2.31. The van der Waals surface area contributed by atoms with E-state index in [1.54, 1.807) is 12.1 Å².